The van der Waals surface area contributed by atoms with E-state index in [1.54, 1.807) is 36.4 Å². The average molecular weight is 406 g/mol. The second-order valence-corrected chi connectivity index (χ2v) is 6.74. The molecule has 0 unspecified atom stereocenters. The molecule has 1 amide bonds. The van der Waals surface area contributed by atoms with Crippen molar-refractivity contribution in [3.8, 4) is 11.6 Å². The fraction of sp³-hybridized carbons (Fsp3) is 0.450. The van der Waals surface area contributed by atoms with Crippen molar-refractivity contribution in [2.24, 2.45) is 0 Å². The largest absolute Gasteiger partial charge is 0.497 e. The minimum atomic E-state index is -2.64. The lowest BCUT2D eigenvalue weighted by molar-refractivity contribution is 0.0665. The van der Waals surface area contributed by atoms with Gasteiger partial charge in [-0.3, -0.25) is 4.79 Å². The first-order valence-electron chi connectivity index (χ1n) is 9.41. The summed E-state index contributed by atoms with van der Waals surface area (Å²) in [5, 5.41) is 0. The van der Waals surface area contributed by atoms with Gasteiger partial charge in [-0.2, -0.15) is 0 Å². The summed E-state index contributed by atoms with van der Waals surface area (Å²) in [4.78, 5) is 25.3. The van der Waals surface area contributed by atoms with E-state index in [-0.39, 0.29) is 23.4 Å². The predicted molar refractivity (Wildman–Crippen MR) is 104 cm³/mol. The van der Waals surface area contributed by atoms with Crippen LogP contribution in [0.1, 0.15) is 23.7 Å². The third kappa shape index (κ3) is 5.10. The van der Waals surface area contributed by atoms with Crippen LogP contribution in [0, 0.1) is 0 Å². The highest BCUT2D eigenvalue weighted by atomic mass is 19.3. The van der Waals surface area contributed by atoms with E-state index in [0.29, 0.717) is 13.1 Å². The maximum absolute atomic E-state index is 13.1. The summed E-state index contributed by atoms with van der Waals surface area (Å²) < 4.78 is 35.3. The Morgan fingerprint density at radius 2 is 2.07 bits per heavy atom. The van der Waals surface area contributed by atoms with E-state index in [9.17, 15) is 13.6 Å². The van der Waals surface area contributed by atoms with Gasteiger partial charge >= 0.3 is 0 Å². The lowest BCUT2D eigenvalue weighted by atomic mass is 10.1. The molecule has 3 heterocycles. The summed E-state index contributed by atoms with van der Waals surface area (Å²) in [5.74, 6) is 1.15. The molecule has 7 nitrogen and oxygen atoms in total. The van der Waals surface area contributed by atoms with Gasteiger partial charge in [0.05, 0.1) is 7.11 Å². The minimum Gasteiger partial charge on any atom is -0.497 e. The van der Waals surface area contributed by atoms with Crippen LogP contribution in [-0.2, 0) is 0 Å². The Balaban J connectivity index is 1.75. The summed E-state index contributed by atoms with van der Waals surface area (Å²) in [6.07, 6.45) is 1.20. The van der Waals surface area contributed by atoms with Gasteiger partial charge in [0.25, 0.3) is 12.3 Å². The highest BCUT2D eigenvalue weighted by Gasteiger charge is 2.28. The molecule has 29 heavy (non-hydrogen) atoms. The van der Waals surface area contributed by atoms with E-state index in [1.165, 1.54) is 6.20 Å². The molecular formula is C20H24F2N4O3. The zero-order valence-electron chi connectivity index (χ0n) is 16.4. The topological polar surface area (TPSA) is 67.8 Å². The molecule has 1 atom stereocenters. The van der Waals surface area contributed by atoms with Crippen molar-refractivity contribution >= 4 is 11.7 Å². The summed E-state index contributed by atoms with van der Waals surface area (Å²) in [6.45, 7) is 2.94. The first-order valence-corrected chi connectivity index (χ1v) is 9.41. The number of alkyl halides is 2. The Hall–Kier alpha value is -2.97. The molecule has 0 saturated carbocycles. The van der Waals surface area contributed by atoms with Crippen molar-refractivity contribution in [2.45, 2.75) is 25.8 Å². The standard InChI is InChI=1S/C20H24F2N4O3/c1-14-6-9-25(18-12-15(28-2)5-8-23-18)10-11-26(14)20(27)16-4-3-7-24-19(16)29-13-17(21)22/h3-5,7-8,12,14,17H,6,9-11,13H2,1-2H3/t14-/m1/s1. The average Bonchev–Trinajstić information content (AvgIpc) is 2.93. The molecule has 9 heteroatoms. The van der Waals surface area contributed by atoms with Crippen LogP contribution >= 0.6 is 0 Å². The normalized spacial score (nSPS) is 17.2. The van der Waals surface area contributed by atoms with Crippen molar-refractivity contribution in [3.05, 3.63) is 42.2 Å². The number of anilines is 1. The molecule has 0 N–H and O–H groups in total. The first-order chi connectivity index (χ1) is 14.0. The van der Waals surface area contributed by atoms with Gasteiger partial charge in [-0.25, -0.2) is 18.7 Å². The van der Waals surface area contributed by atoms with Gasteiger partial charge in [0.2, 0.25) is 5.88 Å². The lowest BCUT2D eigenvalue weighted by Crippen LogP contribution is -2.40. The molecule has 156 valence electrons. The van der Waals surface area contributed by atoms with E-state index < -0.39 is 13.0 Å². The van der Waals surface area contributed by atoms with Crippen LogP contribution in [0.25, 0.3) is 0 Å². The van der Waals surface area contributed by atoms with Crippen LogP contribution < -0.4 is 14.4 Å². The number of nitrogens with zero attached hydrogens (tertiary/aromatic N) is 4. The zero-order valence-corrected chi connectivity index (χ0v) is 16.4. The Kier molecular flexibility index (Phi) is 6.79. The molecule has 0 aliphatic carbocycles. The number of aromatic nitrogens is 2. The molecule has 0 bridgehead atoms. The Morgan fingerprint density at radius 1 is 1.24 bits per heavy atom. The third-order valence-corrected chi connectivity index (χ3v) is 4.84. The third-order valence-electron chi connectivity index (χ3n) is 4.84. The van der Waals surface area contributed by atoms with Crippen LogP contribution in [0.3, 0.4) is 0 Å². The SMILES string of the molecule is COc1ccnc(N2CC[C@@H](C)N(C(=O)c3cccnc3OCC(F)F)CC2)c1. The number of hydrogen-bond donors (Lipinski definition) is 0. The summed E-state index contributed by atoms with van der Waals surface area (Å²) in [7, 11) is 1.60. The van der Waals surface area contributed by atoms with E-state index in [1.807, 2.05) is 13.0 Å². The summed E-state index contributed by atoms with van der Waals surface area (Å²) in [5.41, 5.74) is 0.188. The van der Waals surface area contributed by atoms with Gasteiger partial charge in [-0.15, -0.1) is 0 Å². The Labute approximate surface area is 168 Å². The Morgan fingerprint density at radius 3 is 2.83 bits per heavy atom. The summed E-state index contributed by atoms with van der Waals surface area (Å²) in [6, 6.07) is 6.75. The van der Waals surface area contributed by atoms with Crippen LogP contribution in [0.15, 0.2) is 36.7 Å². The molecule has 1 saturated heterocycles. The molecule has 1 aliphatic rings. The fourth-order valence-corrected chi connectivity index (χ4v) is 3.25. The van der Waals surface area contributed by atoms with E-state index >= 15 is 0 Å². The van der Waals surface area contributed by atoms with Gasteiger partial charge in [-0.05, 0) is 31.5 Å². The highest BCUT2D eigenvalue weighted by molar-refractivity contribution is 5.96. The van der Waals surface area contributed by atoms with E-state index in [2.05, 4.69) is 14.9 Å². The van der Waals surface area contributed by atoms with Crippen molar-refractivity contribution in [1.82, 2.24) is 14.9 Å². The van der Waals surface area contributed by atoms with Crippen molar-refractivity contribution in [3.63, 3.8) is 0 Å². The molecule has 1 fully saturated rings. The van der Waals surface area contributed by atoms with Crippen LogP contribution in [-0.4, -0.2) is 66.6 Å². The molecule has 2 aromatic rings. The molecule has 3 rings (SSSR count). The molecule has 0 aromatic carbocycles. The van der Waals surface area contributed by atoms with Crippen molar-refractivity contribution in [1.29, 1.82) is 0 Å². The number of ether oxygens (including phenoxy) is 2. The van der Waals surface area contributed by atoms with E-state index in [4.69, 9.17) is 9.47 Å². The van der Waals surface area contributed by atoms with Crippen molar-refractivity contribution < 1.29 is 23.0 Å². The smallest absolute Gasteiger partial charge is 0.272 e. The highest BCUT2D eigenvalue weighted by Crippen LogP contribution is 2.24. The summed E-state index contributed by atoms with van der Waals surface area (Å²) >= 11 is 0. The second-order valence-electron chi connectivity index (χ2n) is 6.74. The predicted octanol–water partition coefficient (Wildman–Crippen LogP) is 2.87. The van der Waals surface area contributed by atoms with Gasteiger partial charge in [0, 0.05) is 44.1 Å². The van der Waals surface area contributed by atoms with Crippen LogP contribution in [0.2, 0.25) is 0 Å². The maximum Gasteiger partial charge on any atom is 0.272 e. The van der Waals surface area contributed by atoms with Gasteiger partial charge in [0.15, 0.2) is 6.61 Å². The zero-order chi connectivity index (χ0) is 20.8. The van der Waals surface area contributed by atoms with Gasteiger partial charge in [-0.1, -0.05) is 0 Å². The van der Waals surface area contributed by atoms with E-state index in [0.717, 1.165) is 24.5 Å². The Bertz CT molecular complexity index is 837. The lowest BCUT2D eigenvalue weighted by Gasteiger charge is -2.27. The molecule has 1 aliphatic heterocycles. The van der Waals surface area contributed by atoms with Crippen LogP contribution in [0.5, 0.6) is 11.6 Å². The second kappa shape index (κ2) is 9.49. The molecular weight excluding hydrogens is 382 g/mol. The van der Waals surface area contributed by atoms with Gasteiger partial charge in [0.1, 0.15) is 17.1 Å². The van der Waals surface area contributed by atoms with Crippen LogP contribution in [0.4, 0.5) is 14.6 Å². The number of methoxy groups -OCH3 is 1. The fourth-order valence-electron chi connectivity index (χ4n) is 3.25. The number of carbonyl (C=O) groups excluding carboxylic acids is 1. The minimum absolute atomic E-state index is 0.0405. The molecule has 2 aromatic heterocycles. The number of hydrogen-bond acceptors (Lipinski definition) is 6. The quantitative estimate of drug-likeness (QED) is 0.735. The van der Waals surface area contributed by atoms with Crippen molar-refractivity contribution in [2.75, 3.05) is 38.3 Å². The number of carbonyl (C=O) groups is 1. The number of pyridine rings is 2. The molecule has 0 spiro atoms. The molecule has 0 radical (unpaired) electrons. The number of rotatable bonds is 6. The van der Waals surface area contributed by atoms with Gasteiger partial charge < -0.3 is 19.3 Å². The number of halogens is 2. The number of amides is 1. The maximum atomic E-state index is 13.1. The first kappa shape index (κ1) is 20.8. The monoisotopic (exact) mass is 406 g/mol.